The van der Waals surface area contributed by atoms with E-state index in [1.807, 2.05) is 12.1 Å². The SMILES string of the molecule is CCCN1c2cc(Cl)c(/C=C3/C(=O)NC(=O)N(c4cccc(Cl)c4)C3=O)cc2C(C)CC1(C)C. The van der Waals surface area contributed by atoms with Crippen LogP contribution in [-0.4, -0.2) is 29.9 Å². The van der Waals surface area contributed by atoms with Gasteiger partial charge in [0.25, 0.3) is 11.8 Å². The molecule has 8 heteroatoms. The fourth-order valence-electron chi connectivity index (χ4n) is 4.94. The predicted molar refractivity (Wildman–Crippen MR) is 137 cm³/mol. The van der Waals surface area contributed by atoms with Gasteiger partial charge in [-0.25, -0.2) is 9.69 Å². The Morgan fingerprint density at radius 2 is 1.88 bits per heavy atom. The highest BCUT2D eigenvalue weighted by atomic mass is 35.5. The summed E-state index contributed by atoms with van der Waals surface area (Å²) in [4.78, 5) is 41.6. The summed E-state index contributed by atoms with van der Waals surface area (Å²) in [5.41, 5.74) is 2.85. The lowest BCUT2D eigenvalue weighted by Gasteiger charge is -2.47. The molecule has 34 heavy (non-hydrogen) atoms. The molecule has 4 amide bonds. The molecule has 1 atom stereocenters. The Bertz CT molecular complexity index is 1220. The minimum Gasteiger partial charge on any atom is -0.366 e. The third kappa shape index (κ3) is 4.32. The first-order chi connectivity index (χ1) is 16.0. The number of imide groups is 2. The molecular formula is C26H27Cl2N3O3. The second kappa shape index (κ2) is 9.08. The maximum atomic E-state index is 13.2. The van der Waals surface area contributed by atoms with Crippen LogP contribution in [0.15, 0.2) is 42.0 Å². The van der Waals surface area contributed by atoms with Gasteiger partial charge in [-0.2, -0.15) is 0 Å². The number of halogens is 2. The molecule has 4 rings (SSSR count). The van der Waals surface area contributed by atoms with Gasteiger partial charge in [-0.05, 0) is 80.1 Å². The third-order valence-electron chi connectivity index (χ3n) is 6.42. The smallest absolute Gasteiger partial charge is 0.335 e. The van der Waals surface area contributed by atoms with E-state index in [0.29, 0.717) is 15.6 Å². The molecule has 2 heterocycles. The van der Waals surface area contributed by atoms with E-state index in [2.05, 4.69) is 37.9 Å². The minimum absolute atomic E-state index is 0.0111. The number of hydrogen-bond acceptors (Lipinski definition) is 4. The van der Waals surface area contributed by atoms with Crippen molar-refractivity contribution in [1.82, 2.24) is 5.32 Å². The zero-order valence-corrected chi connectivity index (χ0v) is 21.1. The van der Waals surface area contributed by atoms with Gasteiger partial charge in [0.05, 0.1) is 5.69 Å². The highest BCUT2D eigenvalue weighted by Crippen LogP contribution is 2.45. The summed E-state index contributed by atoms with van der Waals surface area (Å²) < 4.78 is 0. The molecule has 2 aromatic rings. The molecule has 2 aliphatic heterocycles. The van der Waals surface area contributed by atoms with E-state index in [1.54, 1.807) is 18.2 Å². The van der Waals surface area contributed by atoms with E-state index < -0.39 is 17.8 Å². The van der Waals surface area contributed by atoms with Crippen molar-refractivity contribution in [1.29, 1.82) is 0 Å². The van der Waals surface area contributed by atoms with Gasteiger partial charge in [-0.15, -0.1) is 0 Å². The van der Waals surface area contributed by atoms with Crippen LogP contribution in [-0.2, 0) is 9.59 Å². The predicted octanol–water partition coefficient (Wildman–Crippen LogP) is 6.16. The zero-order chi connectivity index (χ0) is 24.8. The van der Waals surface area contributed by atoms with E-state index in [9.17, 15) is 14.4 Å². The zero-order valence-electron chi connectivity index (χ0n) is 19.6. The lowest BCUT2D eigenvalue weighted by Crippen LogP contribution is -2.54. The first-order valence-electron chi connectivity index (χ1n) is 11.3. The maximum absolute atomic E-state index is 13.2. The number of benzene rings is 2. The molecule has 2 aliphatic rings. The summed E-state index contributed by atoms with van der Waals surface area (Å²) in [6.45, 7) is 9.69. The van der Waals surface area contributed by atoms with Gasteiger partial charge in [0.2, 0.25) is 0 Å². The van der Waals surface area contributed by atoms with Crippen molar-refractivity contribution in [3.8, 4) is 0 Å². The standard InChI is InChI=1S/C26H27Cl2N3O3/c1-5-9-30-22-13-21(28)16(10-19(22)15(2)14-26(30,3)4)11-20-23(32)29-25(34)31(24(20)33)18-8-6-7-17(27)12-18/h6-8,10-13,15H,5,9,14H2,1-4H3,(H,29,32,34)/b20-11-. The number of nitrogens with one attached hydrogen (secondary N) is 1. The summed E-state index contributed by atoms with van der Waals surface area (Å²) in [5, 5.41) is 3.04. The normalized spacial score (nSPS) is 21.1. The average Bonchev–Trinajstić information content (AvgIpc) is 2.74. The molecule has 0 radical (unpaired) electrons. The number of fused-ring (bicyclic) bond motifs is 1. The first kappa shape index (κ1) is 24.3. The fourth-order valence-corrected chi connectivity index (χ4v) is 5.34. The van der Waals surface area contributed by atoms with Crippen LogP contribution in [0.1, 0.15) is 57.6 Å². The number of rotatable bonds is 4. The van der Waals surface area contributed by atoms with E-state index in [4.69, 9.17) is 23.2 Å². The van der Waals surface area contributed by atoms with Gasteiger partial charge < -0.3 is 4.90 Å². The van der Waals surface area contributed by atoms with E-state index in [1.165, 1.54) is 12.1 Å². The Labute approximate surface area is 209 Å². The van der Waals surface area contributed by atoms with Crippen LogP contribution < -0.4 is 15.1 Å². The van der Waals surface area contributed by atoms with Crippen molar-refractivity contribution in [3.63, 3.8) is 0 Å². The number of urea groups is 1. The fraction of sp³-hybridized carbons (Fsp3) is 0.346. The van der Waals surface area contributed by atoms with Crippen LogP contribution in [0.2, 0.25) is 10.0 Å². The molecule has 1 fully saturated rings. The number of hydrogen-bond donors (Lipinski definition) is 1. The van der Waals surface area contributed by atoms with Gasteiger partial charge in [0, 0.05) is 27.8 Å². The average molecular weight is 500 g/mol. The highest BCUT2D eigenvalue weighted by Gasteiger charge is 2.38. The topological polar surface area (TPSA) is 69.7 Å². The van der Waals surface area contributed by atoms with Gasteiger partial charge in [0.15, 0.2) is 0 Å². The monoisotopic (exact) mass is 499 g/mol. The molecule has 0 saturated carbocycles. The summed E-state index contributed by atoms with van der Waals surface area (Å²) in [5.74, 6) is -1.22. The molecule has 0 spiro atoms. The summed E-state index contributed by atoms with van der Waals surface area (Å²) >= 11 is 12.7. The molecule has 1 saturated heterocycles. The lowest BCUT2D eigenvalue weighted by molar-refractivity contribution is -0.122. The highest BCUT2D eigenvalue weighted by molar-refractivity contribution is 6.40. The summed E-state index contributed by atoms with van der Waals surface area (Å²) in [6, 6.07) is 9.38. The number of nitrogens with zero attached hydrogens (tertiary/aromatic N) is 2. The van der Waals surface area contributed by atoms with Crippen molar-refractivity contribution < 1.29 is 14.4 Å². The van der Waals surface area contributed by atoms with Gasteiger partial charge >= 0.3 is 6.03 Å². The molecule has 2 aromatic carbocycles. The van der Waals surface area contributed by atoms with E-state index >= 15 is 0 Å². The maximum Gasteiger partial charge on any atom is 0.335 e. The molecule has 1 N–H and O–H groups in total. The second-order valence-corrected chi connectivity index (χ2v) is 10.3. The molecule has 1 unspecified atom stereocenters. The molecule has 0 bridgehead atoms. The number of carbonyl (C=O) groups excluding carboxylic acids is 3. The van der Waals surface area contributed by atoms with Crippen LogP contribution in [0, 0.1) is 0 Å². The number of amides is 4. The number of barbiturate groups is 1. The Balaban J connectivity index is 1.78. The molecule has 0 aromatic heterocycles. The van der Waals surface area contributed by atoms with Crippen molar-refractivity contribution in [2.75, 3.05) is 16.3 Å². The number of carbonyl (C=O) groups is 3. The Kier molecular flexibility index (Phi) is 6.49. The molecule has 0 aliphatic carbocycles. The van der Waals surface area contributed by atoms with Crippen molar-refractivity contribution in [2.45, 2.75) is 52.0 Å². The lowest BCUT2D eigenvalue weighted by atomic mass is 9.79. The van der Waals surface area contributed by atoms with E-state index in [-0.39, 0.29) is 22.7 Å². The van der Waals surface area contributed by atoms with Crippen LogP contribution in [0.3, 0.4) is 0 Å². The quantitative estimate of drug-likeness (QED) is 0.403. The summed E-state index contributed by atoms with van der Waals surface area (Å²) in [7, 11) is 0. The molecule has 178 valence electrons. The van der Waals surface area contributed by atoms with Crippen LogP contribution in [0.25, 0.3) is 6.08 Å². The Morgan fingerprint density at radius 1 is 1.15 bits per heavy atom. The van der Waals surface area contributed by atoms with Crippen LogP contribution in [0.4, 0.5) is 16.2 Å². The van der Waals surface area contributed by atoms with Crippen LogP contribution >= 0.6 is 23.2 Å². The van der Waals surface area contributed by atoms with Gasteiger partial charge in [0.1, 0.15) is 5.57 Å². The largest absolute Gasteiger partial charge is 0.366 e. The molecule has 6 nitrogen and oxygen atoms in total. The van der Waals surface area contributed by atoms with Crippen molar-refractivity contribution >= 4 is 58.5 Å². The first-order valence-corrected chi connectivity index (χ1v) is 12.1. The number of anilines is 2. The van der Waals surface area contributed by atoms with Gasteiger partial charge in [-0.3, -0.25) is 14.9 Å². The van der Waals surface area contributed by atoms with Crippen molar-refractivity contribution in [2.24, 2.45) is 0 Å². The van der Waals surface area contributed by atoms with E-state index in [0.717, 1.165) is 35.5 Å². The second-order valence-electron chi connectivity index (χ2n) is 9.44. The Morgan fingerprint density at radius 3 is 2.56 bits per heavy atom. The summed E-state index contributed by atoms with van der Waals surface area (Å²) in [6.07, 6.45) is 3.43. The molecular weight excluding hydrogens is 473 g/mol. The van der Waals surface area contributed by atoms with Gasteiger partial charge in [-0.1, -0.05) is 43.1 Å². The minimum atomic E-state index is -0.822. The van der Waals surface area contributed by atoms with Crippen molar-refractivity contribution in [3.05, 3.63) is 63.1 Å². The third-order valence-corrected chi connectivity index (χ3v) is 6.98. The van der Waals surface area contributed by atoms with Crippen LogP contribution in [0.5, 0.6) is 0 Å². The Hall–Kier alpha value is -2.83.